The molecule has 10 nitrogen and oxygen atoms in total. The van der Waals surface area contributed by atoms with Crippen LogP contribution >= 0.6 is 11.6 Å². The van der Waals surface area contributed by atoms with Gasteiger partial charge in [-0.3, -0.25) is 9.59 Å². The molecule has 0 saturated carbocycles. The van der Waals surface area contributed by atoms with Crippen LogP contribution in [0.15, 0.2) is 47.0 Å². The van der Waals surface area contributed by atoms with Gasteiger partial charge in [0.2, 0.25) is 11.9 Å². The predicted molar refractivity (Wildman–Crippen MR) is 146 cm³/mol. The molecule has 2 aliphatic heterocycles. The molecule has 5 rings (SSSR count). The van der Waals surface area contributed by atoms with Gasteiger partial charge in [0, 0.05) is 50.2 Å². The number of nitrogens with zero attached hydrogens (tertiary/aromatic N) is 5. The van der Waals surface area contributed by atoms with Crippen LogP contribution in [-0.2, 0) is 11.0 Å². The molecule has 2 atom stereocenters. The minimum atomic E-state index is -5.07. The maximum absolute atomic E-state index is 13.8. The molecule has 236 valence electrons. The average Bonchev–Trinajstić information content (AvgIpc) is 3.65. The quantitative estimate of drug-likeness (QED) is 0.375. The van der Waals surface area contributed by atoms with Gasteiger partial charge in [0.25, 0.3) is 17.8 Å². The summed E-state index contributed by atoms with van der Waals surface area (Å²) in [5.74, 6) is -3.31. The summed E-state index contributed by atoms with van der Waals surface area (Å²) in [6.45, 7) is 0.690. The van der Waals surface area contributed by atoms with Gasteiger partial charge in [-0.15, -0.1) is 0 Å². The number of benzene rings is 1. The molecular formula is C27H25ClF6N6O4. The fourth-order valence-corrected chi connectivity index (χ4v) is 5.26. The number of nitrogens with one attached hydrogen (secondary N) is 1. The number of aromatic nitrogens is 2. The van der Waals surface area contributed by atoms with Crippen LogP contribution in [-0.4, -0.2) is 83.3 Å². The topological polar surface area (TPSA) is 115 Å². The van der Waals surface area contributed by atoms with Crippen molar-refractivity contribution in [1.29, 1.82) is 0 Å². The van der Waals surface area contributed by atoms with Crippen molar-refractivity contribution < 1.29 is 45.5 Å². The summed E-state index contributed by atoms with van der Waals surface area (Å²) >= 11 is 6.07. The van der Waals surface area contributed by atoms with Crippen molar-refractivity contribution in [3.63, 3.8) is 0 Å². The molecule has 0 bridgehead atoms. The SMILES string of the molecule is O=C(Nc1ccc(N2CCN(C(=O)C(O)C(F)(F)F)CC2)nc1)c1oc(N2CCC(c3cccc(Cl)c3)C2)nc1C(F)(F)F. The first-order valence-corrected chi connectivity index (χ1v) is 13.7. The molecule has 2 N–H and O–H groups in total. The number of aliphatic hydroxyl groups excluding tert-OH is 1. The van der Waals surface area contributed by atoms with Gasteiger partial charge >= 0.3 is 12.4 Å². The van der Waals surface area contributed by atoms with E-state index in [1.165, 1.54) is 23.2 Å². The molecule has 1 aromatic carbocycles. The Bertz CT molecular complexity index is 1510. The smallest absolute Gasteiger partial charge is 0.417 e. The number of aliphatic hydroxyl groups is 1. The van der Waals surface area contributed by atoms with Gasteiger partial charge in [0.05, 0.1) is 11.9 Å². The molecule has 2 aromatic heterocycles. The monoisotopic (exact) mass is 646 g/mol. The molecule has 2 saturated heterocycles. The van der Waals surface area contributed by atoms with E-state index >= 15 is 0 Å². The summed E-state index contributed by atoms with van der Waals surface area (Å²) in [6, 6.07) is 9.67. The van der Waals surface area contributed by atoms with Gasteiger partial charge in [-0.2, -0.15) is 31.3 Å². The second-order valence-electron chi connectivity index (χ2n) is 10.3. The van der Waals surface area contributed by atoms with Crippen molar-refractivity contribution in [1.82, 2.24) is 14.9 Å². The zero-order chi connectivity index (χ0) is 31.8. The van der Waals surface area contributed by atoms with Gasteiger partial charge in [0.1, 0.15) is 5.82 Å². The highest BCUT2D eigenvalue weighted by Crippen LogP contribution is 2.37. The maximum atomic E-state index is 13.8. The first kappa shape index (κ1) is 31.4. The molecular weight excluding hydrogens is 622 g/mol. The Hall–Kier alpha value is -4.05. The van der Waals surface area contributed by atoms with Crippen LogP contribution < -0.4 is 15.1 Å². The van der Waals surface area contributed by atoms with Crippen LogP contribution in [0.3, 0.4) is 0 Å². The number of pyridine rings is 1. The van der Waals surface area contributed by atoms with Crippen molar-refractivity contribution in [2.45, 2.75) is 30.8 Å². The lowest BCUT2D eigenvalue weighted by Crippen LogP contribution is -2.54. The average molecular weight is 647 g/mol. The van der Waals surface area contributed by atoms with Crippen molar-refractivity contribution in [2.75, 3.05) is 54.4 Å². The fraction of sp³-hybridized carbons (Fsp3) is 0.407. The largest absolute Gasteiger partial charge is 0.437 e. The van der Waals surface area contributed by atoms with Crippen LogP contribution in [0.25, 0.3) is 0 Å². The van der Waals surface area contributed by atoms with Crippen molar-refractivity contribution in [3.05, 3.63) is 64.6 Å². The number of anilines is 3. The molecule has 0 spiro atoms. The summed E-state index contributed by atoms with van der Waals surface area (Å²) in [5.41, 5.74) is -0.495. The van der Waals surface area contributed by atoms with E-state index in [2.05, 4.69) is 15.3 Å². The highest BCUT2D eigenvalue weighted by atomic mass is 35.5. The van der Waals surface area contributed by atoms with Crippen LogP contribution in [0.5, 0.6) is 0 Å². The van der Waals surface area contributed by atoms with E-state index in [1.54, 1.807) is 23.1 Å². The van der Waals surface area contributed by atoms with Gasteiger partial charge in [-0.05, 0) is 36.2 Å². The summed E-state index contributed by atoms with van der Waals surface area (Å²) in [4.78, 5) is 36.6. The van der Waals surface area contributed by atoms with E-state index < -0.39 is 41.7 Å². The summed E-state index contributed by atoms with van der Waals surface area (Å²) in [5, 5.41) is 12.1. The molecule has 2 aliphatic rings. The van der Waals surface area contributed by atoms with Gasteiger partial charge in [-0.1, -0.05) is 23.7 Å². The second kappa shape index (κ2) is 12.1. The summed E-state index contributed by atoms with van der Waals surface area (Å²) < 4.78 is 84.8. The Balaban J connectivity index is 1.23. The normalized spacial score (nSPS) is 18.5. The number of alkyl halides is 6. The number of rotatable bonds is 6. The zero-order valence-electron chi connectivity index (χ0n) is 22.7. The van der Waals surface area contributed by atoms with Gasteiger partial charge in [0.15, 0.2) is 5.69 Å². The molecule has 2 amide bonds. The Morgan fingerprint density at radius 3 is 2.36 bits per heavy atom. The molecule has 2 unspecified atom stereocenters. The van der Waals surface area contributed by atoms with Crippen LogP contribution in [0, 0.1) is 0 Å². The number of hydrogen-bond acceptors (Lipinski definition) is 8. The van der Waals surface area contributed by atoms with Crippen LogP contribution in [0.1, 0.15) is 34.2 Å². The lowest BCUT2D eigenvalue weighted by atomic mass is 9.99. The van der Waals surface area contributed by atoms with Crippen LogP contribution in [0.4, 0.5) is 43.9 Å². The number of piperazine rings is 1. The fourth-order valence-electron chi connectivity index (χ4n) is 5.06. The molecule has 0 radical (unpaired) electrons. The van der Waals surface area contributed by atoms with Crippen molar-refractivity contribution in [3.8, 4) is 0 Å². The third-order valence-corrected chi connectivity index (χ3v) is 7.57. The molecule has 44 heavy (non-hydrogen) atoms. The van der Waals surface area contributed by atoms with E-state index in [4.69, 9.17) is 16.0 Å². The summed E-state index contributed by atoms with van der Waals surface area (Å²) in [6.07, 6.45) is -11.3. The lowest BCUT2D eigenvalue weighted by Gasteiger charge is -2.36. The summed E-state index contributed by atoms with van der Waals surface area (Å²) in [7, 11) is 0. The minimum Gasteiger partial charge on any atom is -0.417 e. The Morgan fingerprint density at radius 2 is 1.75 bits per heavy atom. The first-order chi connectivity index (χ1) is 20.7. The van der Waals surface area contributed by atoms with E-state index in [-0.39, 0.29) is 43.8 Å². The van der Waals surface area contributed by atoms with Crippen molar-refractivity contribution >= 4 is 40.9 Å². The standard InChI is InChI=1S/C27H25ClF6N6O4/c28-17-3-1-2-15(12-17)16-6-7-40(14-16)25-37-21(26(29,30)31)20(44-25)23(42)36-18-4-5-19(35-13-18)38-8-10-39(11-9-38)24(43)22(41)27(32,33)34/h1-5,12-13,16,22,41H,6-11,14H2,(H,36,42). The van der Waals surface area contributed by atoms with Gasteiger partial charge < -0.3 is 29.5 Å². The maximum Gasteiger partial charge on any atom is 0.437 e. The van der Waals surface area contributed by atoms with Crippen LogP contribution in [0.2, 0.25) is 5.02 Å². The number of hydrogen-bond donors (Lipinski definition) is 2. The number of amides is 2. The number of oxazole rings is 1. The number of carbonyl (C=O) groups is 2. The minimum absolute atomic E-state index is 0.0215. The third kappa shape index (κ3) is 6.85. The van der Waals surface area contributed by atoms with Crippen molar-refractivity contribution in [2.24, 2.45) is 0 Å². The van der Waals surface area contributed by atoms with E-state index in [9.17, 15) is 41.0 Å². The Labute approximate surface area is 251 Å². The Morgan fingerprint density at radius 1 is 1.02 bits per heavy atom. The predicted octanol–water partition coefficient (Wildman–Crippen LogP) is 4.56. The highest BCUT2D eigenvalue weighted by Gasteiger charge is 2.46. The van der Waals surface area contributed by atoms with E-state index in [1.807, 2.05) is 6.07 Å². The number of halogens is 7. The van der Waals surface area contributed by atoms with Gasteiger partial charge in [-0.25, -0.2) is 4.98 Å². The molecule has 2 fully saturated rings. The van der Waals surface area contributed by atoms with E-state index in [0.29, 0.717) is 30.4 Å². The number of carbonyl (C=O) groups excluding carboxylic acids is 2. The molecule has 0 aliphatic carbocycles. The first-order valence-electron chi connectivity index (χ1n) is 13.3. The lowest BCUT2D eigenvalue weighted by molar-refractivity contribution is -0.210. The van der Waals surface area contributed by atoms with E-state index in [0.717, 1.165) is 10.5 Å². The molecule has 17 heteroatoms. The third-order valence-electron chi connectivity index (χ3n) is 7.33. The molecule has 3 aromatic rings. The molecule has 4 heterocycles. The Kier molecular flexibility index (Phi) is 8.66. The highest BCUT2D eigenvalue weighted by molar-refractivity contribution is 6.30. The zero-order valence-corrected chi connectivity index (χ0v) is 23.5. The second-order valence-corrected chi connectivity index (χ2v) is 10.7.